The third kappa shape index (κ3) is 8.31. The van der Waals surface area contributed by atoms with Crippen molar-refractivity contribution in [2.45, 2.75) is 58.3 Å². The van der Waals surface area contributed by atoms with E-state index in [9.17, 15) is 5.11 Å². The largest absolute Gasteiger partial charge is 0.389 e. The summed E-state index contributed by atoms with van der Waals surface area (Å²) in [6.45, 7) is 9.22. The first kappa shape index (κ1) is 17.2. The summed E-state index contributed by atoms with van der Waals surface area (Å²) in [5.41, 5.74) is 2.13. The van der Waals surface area contributed by atoms with Gasteiger partial charge in [-0.3, -0.25) is 0 Å². The summed E-state index contributed by atoms with van der Waals surface area (Å²) in [6.07, 6.45) is 10.2. The van der Waals surface area contributed by atoms with E-state index in [1.807, 2.05) is 19.9 Å². The Kier molecular flexibility index (Phi) is 8.51. The predicted molar refractivity (Wildman–Crippen MR) is 82.5 cm³/mol. The van der Waals surface area contributed by atoms with Crippen LogP contribution in [0.15, 0.2) is 36.0 Å². The Morgan fingerprint density at radius 2 is 2.25 bits per heavy atom. The first-order valence-electron chi connectivity index (χ1n) is 7.48. The highest BCUT2D eigenvalue weighted by Crippen LogP contribution is 2.14. The summed E-state index contributed by atoms with van der Waals surface area (Å²) in [4.78, 5) is 0. The fraction of sp³-hybridized carbons (Fsp3) is 0.647. The fourth-order valence-electron chi connectivity index (χ4n) is 2.10. The van der Waals surface area contributed by atoms with E-state index in [1.165, 1.54) is 12.0 Å². The van der Waals surface area contributed by atoms with Crippen molar-refractivity contribution in [1.29, 1.82) is 0 Å². The van der Waals surface area contributed by atoms with Crippen LogP contribution < -0.4 is 0 Å². The highest BCUT2D eigenvalue weighted by molar-refractivity contribution is 5.14. The van der Waals surface area contributed by atoms with Gasteiger partial charge in [-0.1, -0.05) is 36.0 Å². The van der Waals surface area contributed by atoms with E-state index >= 15 is 0 Å². The monoisotopic (exact) mass is 280 g/mol. The van der Waals surface area contributed by atoms with Gasteiger partial charge in [0.25, 0.3) is 0 Å². The molecular weight excluding hydrogens is 252 g/mol. The molecule has 0 aliphatic carbocycles. The van der Waals surface area contributed by atoms with Gasteiger partial charge in [-0.15, -0.1) is 0 Å². The van der Waals surface area contributed by atoms with Gasteiger partial charge in [-0.2, -0.15) is 0 Å². The molecule has 20 heavy (non-hydrogen) atoms. The van der Waals surface area contributed by atoms with Crippen molar-refractivity contribution < 1.29 is 14.6 Å². The molecule has 2 unspecified atom stereocenters. The lowest BCUT2D eigenvalue weighted by molar-refractivity contribution is -0.161. The molecule has 1 fully saturated rings. The van der Waals surface area contributed by atoms with Crippen molar-refractivity contribution in [2.24, 2.45) is 0 Å². The number of aliphatic hydroxyl groups excluding tert-OH is 1. The predicted octanol–water partition coefficient (Wildman–Crippen LogP) is 3.75. The Hall–Kier alpha value is -0.900. The quantitative estimate of drug-likeness (QED) is 0.418. The smallest absolute Gasteiger partial charge is 0.157 e. The molecule has 0 saturated carbocycles. The molecule has 0 aromatic carbocycles. The maximum absolute atomic E-state index is 9.81. The molecule has 114 valence electrons. The second kappa shape index (κ2) is 9.92. The zero-order chi connectivity index (χ0) is 14.8. The molecule has 1 saturated heterocycles. The van der Waals surface area contributed by atoms with Gasteiger partial charge >= 0.3 is 0 Å². The normalized spacial score (nSPS) is 22.1. The lowest BCUT2D eigenvalue weighted by atomic mass is 10.1. The molecule has 1 aliphatic heterocycles. The average Bonchev–Trinajstić information content (AvgIpc) is 2.42. The fourth-order valence-corrected chi connectivity index (χ4v) is 2.10. The van der Waals surface area contributed by atoms with E-state index in [4.69, 9.17) is 9.47 Å². The van der Waals surface area contributed by atoms with Crippen LogP contribution in [0.5, 0.6) is 0 Å². The standard InChI is InChI=1S/C17H28O3/c1-14(2)9-10-16(18)13-15(3)7-6-12-20-17-8-4-5-11-19-17/h7,9-10,16-18H,1,4-6,8,11-13H2,2-3H3/b10-9+,15-7-. The van der Waals surface area contributed by atoms with E-state index in [2.05, 4.69) is 12.7 Å². The second-order valence-corrected chi connectivity index (χ2v) is 5.48. The van der Waals surface area contributed by atoms with Crippen LogP contribution in [0.25, 0.3) is 0 Å². The molecule has 1 heterocycles. The zero-order valence-corrected chi connectivity index (χ0v) is 12.8. The SMILES string of the molecule is C=C(C)/C=C/C(O)C/C(C)=C\CCOC1CCCCO1. The first-order valence-corrected chi connectivity index (χ1v) is 7.48. The molecule has 3 nitrogen and oxygen atoms in total. The van der Waals surface area contributed by atoms with Gasteiger partial charge < -0.3 is 14.6 Å². The molecule has 0 bridgehead atoms. The molecule has 2 atom stereocenters. The van der Waals surface area contributed by atoms with Crippen LogP contribution in [-0.2, 0) is 9.47 Å². The number of hydrogen-bond donors (Lipinski definition) is 1. The third-order valence-corrected chi connectivity index (χ3v) is 3.19. The van der Waals surface area contributed by atoms with E-state index in [0.29, 0.717) is 13.0 Å². The molecular formula is C17H28O3. The average molecular weight is 280 g/mol. The number of ether oxygens (including phenoxy) is 2. The van der Waals surface area contributed by atoms with Gasteiger partial charge in [0.2, 0.25) is 0 Å². The number of hydrogen-bond acceptors (Lipinski definition) is 3. The van der Waals surface area contributed by atoms with E-state index in [1.54, 1.807) is 6.08 Å². The molecule has 0 spiro atoms. The molecule has 3 heteroatoms. The Morgan fingerprint density at radius 3 is 2.90 bits per heavy atom. The lowest BCUT2D eigenvalue weighted by Gasteiger charge is -2.22. The van der Waals surface area contributed by atoms with Gasteiger partial charge in [0.1, 0.15) is 0 Å². The van der Waals surface area contributed by atoms with Crippen LogP contribution in [-0.4, -0.2) is 30.7 Å². The number of aliphatic hydroxyl groups is 1. The first-order chi connectivity index (χ1) is 9.58. The summed E-state index contributed by atoms with van der Waals surface area (Å²) >= 11 is 0. The maximum atomic E-state index is 9.81. The van der Waals surface area contributed by atoms with Crippen molar-refractivity contribution in [2.75, 3.05) is 13.2 Å². The Bertz CT molecular complexity index is 338. The number of rotatable bonds is 8. The van der Waals surface area contributed by atoms with E-state index in [-0.39, 0.29) is 6.29 Å². The molecule has 1 rings (SSSR count). The van der Waals surface area contributed by atoms with Crippen LogP contribution in [0.3, 0.4) is 0 Å². The summed E-state index contributed by atoms with van der Waals surface area (Å²) in [5, 5.41) is 9.81. The van der Waals surface area contributed by atoms with Crippen LogP contribution >= 0.6 is 0 Å². The van der Waals surface area contributed by atoms with E-state index < -0.39 is 6.10 Å². The van der Waals surface area contributed by atoms with Gasteiger partial charge in [0.15, 0.2) is 6.29 Å². The van der Waals surface area contributed by atoms with Crippen LogP contribution in [0.2, 0.25) is 0 Å². The van der Waals surface area contributed by atoms with Crippen molar-refractivity contribution in [3.8, 4) is 0 Å². The Morgan fingerprint density at radius 1 is 1.45 bits per heavy atom. The molecule has 0 aromatic heterocycles. The van der Waals surface area contributed by atoms with Gasteiger partial charge in [-0.05, 0) is 46.0 Å². The van der Waals surface area contributed by atoms with Crippen LogP contribution in [0.4, 0.5) is 0 Å². The minimum Gasteiger partial charge on any atom is -0.389 e. The highest BCUT2D eigenvalue weighted by atomic mass is 16.7. The van der Waals surface area contributed by atoms with Gasteiger partial charge in [0, 0.05) is 6.61 Å². The zero-order valence-electron chi connectivity index (χ0n) is 12.8. The molecule has 1 aliphatic rings. The molecule has 1 N–H and O–H groups in total. The van der Waals surface area contributed by atoms with E-state index in [0.717, 1.165) is 31.4 Å². The molecule has 0 radical (unpaired) electrons. The van der Waals surface area contributed by atoms with Crippen molar-refractivity contribution in [1.82, 2.24) is 0 Å². The van der Waals surface area contributed by atoms with Gasteiger partial charge in [0.05, 0.1) is 12.7 Å². The topological polar surface area (TPSA) is 38.7 Å². The minimum absolute atomic E-state index is 0.0125. The van der Waals surface area contributed by atoms with Crippen molar-refractivity contribution in [3.05, 3.63) is 36.0 Å². The minimum atomic E-state index is -0.439. The Balaban J connectivity index is 2.15. The highest BCUT2D eigenvalue weighted by Gasteiger charge is 2.13. The second-order valence-electron chi connectivity index (χ2n) is 5.48. The summed E-state index contributed by atoms with van der Waals surface area (Å²) in [5.74, 6) is 0. The van der Waals surface area contributed by atoms with Crippen LogP contribution in [0, 0.1) is 0 Å². The van der Waals surface area contributed by atoms with Gasteiger partial charge in [-0.25, -0.2) is 0 Å². The number of allylic oxidation sites excluding steroid dienone is 2. The summed E-state index contributed by atoms with van der Waals surface area (Å²) in [7, 11) is 0. The third-order valence-electron chi connectivity index (χ3n) is 3.19. The van der Waals surface area contributed by atoms with Crippen molar-refractivity contribution >= 4 is 0 Å². The lowest BCUT2D eigenvalue weighted by Crippen LogP contribution is -2.22. The Labute approximate surface area is 123 Å². The summed E-state index contributed by atoms with van der Waals surface area (Å²) in [6, 6.07) is 0. The van der Waals surface area contributed by atoms with Crippen LogP contribution in [0.1, 0.15) is 46.0 Å². The molecule has 0 aromatic rings. The van der Waals surface area contributed by atoms with Crippen molar-refractivity contribution in [3.63, 3.8) is 0 Å². The summed E-state index contributed by atoms with van der Waals surface area (Å²) < 4.78 is 11.2. The molecule has 0 amide bonds. The maximum Gasteiger partial charge on any atom is 0.157 e.